The summed E-state index contributed by atoms with van der Waals surface area (Å²) in [7, 11) is 0. The van der Waals surface area contributed by atoms with Crippen LogP contribution >= 0.6 is 11.3 Å². The number of hydrogen-bond acceptors (Lipinski definition) is 4. The Balaban J connectivity index is 1.76. The highest BCUT2D eigenvalue weighted by atomic mass is 32.1. The highest BCUT2D eigenvalue weighted by Gasteiger charge is 2.11. The van der Waals surface area contributed by atoms with Crippen LogP contribution < -0.4 is 5.32 Å². The maximum Gasteiger partial charge on any atom is 0.261 e. The van der Waals surface area contributed by atoms with E-state index in [4.69, 9.17) is 4.74 Å². The van der Waals surface area contributed by atoms with Gasteiger partial charge in [-0.05, 0) is 44.0 Å². The molecule has 0 bridgehead atoms. The Morgan fingerprint density at radius 2 is 2.13 bits per heavy atom. The third-order valence-electron chi connectivity index (χ3n) is 3.64. The molecule has 2 heterocycles. The van der Waals surface area contributed by atoms with Crippen LogP contribution in [0.25, 0.3) is 21.1 Å². The first-order valence-corrected chi connectivity index (χ1v) is 8.66. The number of carbonyl (C=O) groups is 1. The van der Waals surface area contributed by atoms with Crippen molar-refractivity contribution >= 4 is 38.4 Å². The van der Waals surface area contributed by atoms with Crippen LogP contribution in [0.4, 0.5) is 0 Å². The first kappa shape index (κ1) is 15.9. The standard InChI is InChI=1S/C18H20N2O2S/c1-3-22-8-4-7-19-17(21)16-11-14-10-13-6-5-12(2)9-15(13)20-18(14)23-16/h5-6,9-11H,3-4,7-8H2,1-2H3,(H,19,21). The second-order valence-electron chi connectivity index (χ2n) is 5.50. The lowest BCUT2D eigenvalue weighted by molar-refractivity contribution is 0.0948. The fraction of sp³-hybridized carbons (Fsp3) is 0.333. The molecule has 3 rings (SSSR count). The van der Waals surface area contributed by atoms with Gasteiger partial charge in [-0.3, -0.25) is 4.79 Å². The van der Waals surface area contributed by atoms with Crippen molar-refractivity contribution in [2.24, 2.45) is 0 Å². The number of rotatable bonds is 6. The smallest absolute Gasteiger partial charge is 0.261 e. The molecular weight excluding hydrogens is 308 g/mol. The molecule has 0 spiro atoms. The van der Waals surface area contributed by atoms with Crippen molar-refractivity contribution in [3.8, 4) is 0 Å². The lowest BCUT2D eigenvalue weighted by Gasteiger charge is -2.03. The Morgan fingerprint density at radius 3 is 2.96 bits per heavy atom. The summed E-state index contributed by atoms with van der Waals surface area (Å²) in [6, 6.07) is 10.2. The van der Waals surface area contributed by atoms with Crippen LogP contribution in [0.1, 0.15) is 28.6 Å². The minimum Gasteiger partial charge on any atom is -0.382 e. The zero-order valence-electron chi connectivity index (χ0n) is 13.4. The zero-order valence-corrected chi connectivity index (χ0v) is 14.2. The Labute approximate surface area is 139 Å². The number of carbonyl (C=O) groups excluding carboxylic acids is 1. The molecule has 1 N–H and O–H groups in total. The van der Waals surface area contributed by atoms with E-state index in [9.17, 15) is 4.79 Å². The van der Waals surface area contributed by atoms with Crippen molar-refractivity contribution in [3.05, 3.63) is 40.8 Å². The van der Waals surface area contributed by atoms with Gasteiger partial charge in [0.25, 0.3) is 5.91 Å². The molecule has 0 radical (unpaired) electrons. The fourth-order valence-electron chi connectivity index (χ4n) is 2.46. The van der Waals surface area contributed by atoms with Gasteiger partial charge in [0.15, 0.2) is 0 Å². The van der Waals surface area contributed by atoms with Gasteiger partial charge in [-0.1, -0.05) is 12.1 Å². The van der Waals surface area contributed by atoms with Crippen molar-refractivity contribution in [1.29, 1.82) is 0 Å². The summed E-state index contributed by atoms with van der Waals surface area (Å²) in [5, 5.41) is 5.05. The molecule has 5 heteroatoms. The van der Waals surface area contributed by atoms with Crippen LogP contribution in [0, 0.1) is 6.92 Å². The Hall–Kier alpha value is -1.98. The van der Waals surface area contributed by atoms with Gasteiger partial charge < -0.3 is 10.1 Å². The van der Waals surface area contributed by atoms with E-state index in [1.54, 1.807) is 0 Å². The summed E-state index contributed by atoms with van der Waals surface area (Å²) in [5.74, 6) is -0.0373. The summed E-state index contributed by atoms with van der Waals surface area (Å²) in [4.78, 5) is 18.5. The Kier molecular flexibility index (Phi) is 4.88. The third kappa shape index (κ3) is 3.68. The van der Waals surface area contributed by atoms with Crippen LogP contribution in [0.5, 0.6) is 0 Å². The predicted octanol–water partition coefficient (Wildman–Crippen LogP) is 3.91. The zero-order chi connectivity index (χ0) is 16.2. The molecule has 120 valence electrons. The largest absolute Gasteiger partial charge is 0.382 e. The van der Waals surface area contributed by atoms with Crippen LogP contribution in [0.15, 0.2) is 30.3 Å². The normalized spacial score (nSPS) is 11.2. The fourth-order valence-corrected chi connectivity index (χ4v) is 3.39. The molecular formula is C18H20N2O2S. The minimum atomic E-state index is -0.0373. The van der Waals surface area contributed by atoms with E-state index in [2.05, 4.69) is 41.5 Å². The van der Waals surface area contributed by atoms with Gasteiger partial charge in [0, 0.05) is 30.5 Å². The van der Waals surface area contributed by atoms with Crippen LogP contribution in [-0.4, -0.2) is 30.6 Å². The van der Waals surface area contributed by atoms with Gasteiger partial charge in [-0.25, -0.2) is 4.98 Å². The van der Waals surface area contributed by atoms with Gasteiger partial charge >= 0.3 is 0 Å². The lowest BCUT2D eigenvalue weighted by Crippen LogP contribution is -2.24. The minimum absolute atomic E-state index is 0.0373. The Morgan fingerprint density at radius 1 is 1.26 bits per heavy atom. The quantitative estimate of drug-likeness (QED) is 0.698. The molecule has 0 aliphatic rings. The first-order valence-electron chi connectivity index (χ1n) is 7.84. The number of fused-ring (bicyclic) bond motifs is 2. The van der Waals surface area contributed by atoms with Crippen molar-refractivity contribution in [2.75, 3.05) is 19.8 Å². The number of amides is 1. The highest BCUT2D eigenvalue weighted by Crippen LogP contribution is 2.27. The molecule has 0 fully saturated rings. The summed E-state index contributed by atoms with van der Waals surface area (Å²) in [6.07, 6.45) is 0.825. The van der Waals surface area contributed by atoms with Crippen molar-refractivity contribution < 1.29 is 9.53 Å². The summed E-state index contributed by atoms with van der Waals surface area (Å²) >= 11 is 1.44. The van der Waals surface area contributed by atoms with Crippen molar-refractivity contribution in [2.45, 2.75) is 20.3 Å². The van der Waals surface area contributed by atoms with E-state index >= 15 is 0 Å². The number of hydrogen-bond donors (Lipinski definition) is 1. The maximum absolute atomic E-state index is 12.2. The van der Waals surface area contributed by atoms with Crippen LogP contribution in [0.2, 0.25) is 0 Å². The molecule has 0 atom stereocenters. The van der Waals surface area contributed by atoms with Crippen molar-refractivity contribution in [3.63, 3.8) is 0 Å². The summed E-state index contributed by atoms with van der Waals surface area (Å²) in [5.41, 5.74) is 2.16. The highest BCUT2D eigenvalue weighted by molar-refractivity contribution is 7.20. The van der Waals surface area contributed by atoms with E-state index in [-0.39, 0.29) is 5.91 Å². The van der Waals surface area contributed by atoms with Crippen LogP contribution in [-0.2, 0) is 4.74 Å². The van der Waals surface area contributed by atoms with Gasteiger partial charge in [0.1, 0.15) is 4.83 Å². The Bertz CT molecular complexity index is 842. The lowest BCUT2D eigenvalue weighted by atomic mass is 10.1. The predicted molar refractivity (Wildman–Crippen MR) is 95.3 cm³/mol. The number of benzene rings is 1. The van der Waals surface area contributed by atoms with E-state index in [0.717, 1.165) is 27.5 Å². The van der Waals surface area contributed by atoms with E-state index in [1.807, 2.05) is 13.0 Å². The summed E-state index contributed by atoms with van der Waals surface area (Å²) in [6.45, 7) is 6.04. The van der Waals surface area contributed by atoms with Crippen molar-refractivity contribution in [1.82, 2.24) is 10.3 Å². The van der Waals surface area contributed by atoms with Gasteiger partial charge in [0.2, 0.25) is 0 Å². The number of pyridine rings is 1. The molecule has 0 aliphatic heterocycles. The van der Waals surface area contributed by atoms with Crippen LogP contribution in [0.3, 0.4) is 0 Å². The number of ether oxygens (including phenoxy) is 1. The third-order valence-corrected chi connectivity index (χ3v) is 4.68. The van der Waals surface area contributed by atoms with Gasteiger partial charge in [-0.15, -0.1) is 11.3 Å². The van der Waals surface area contributed by atoms with E-state index < -0.39 is 0 Å². The SMILES string of the molecule is CCOCCCNC(=O)c1cc2cc3ccc(C)cc3nc2s1. The average molecular weight is 328 g/mol. The number of aryl methyl sites for hydroxylation is 1. The molecule has 1 amide bonds. The molecule has 0 unspecified atom stereocenters. The van der Waals surface area contributed by atoms with Gasteiger partial charge in [-0.2, -0.15) is 0 Å². The topological polar surface area (TPSA) is 51.2 Å². The number of nitrogens with zero attached hydrogens (tertiary/aromatic N) is 1. The second kappa shape index (κ2) is 7.06. The molecule has 23 heavy (non-hydrogen) atoms. The molecule has 0 aliphatic carbocycles. The molecule has 0 saturated heterocycles. The molecule has 4 nitrogen and oxygen atoms in total. The molecule has 0 saturated carbocycles. The number of thiophene rings is 1. The van der Waals surface area contributed by atoms with Gasteiger partial charge in [0.05, 0.1) is 10.4 Å². The molecule has 1 aromatic carbocycles. The molecule has 2 aromatic heterocycles. The maximum atomic E-state index is 12.2. The number of nitrogens with one attached hydrogen (secondary N) is 1. The number of aromatic nitrogens is 1. The first-order chi connectivity index (χ1) is 11.2. The average Bonchev–Trinajstić information content (AvgIpc) is 2.95. The molecule has 3 aromatic rings. The monoisotopic (exact) mass is 328 g/mol. The van der Waals surface area contributed by atoms with E-state index in [1.165, 1.54) is 16.9 Å². The van der Waals surface area contributed by atoms with E-state index in [0.29, 0.717) is 24.6 Å². The second-order valence-corrected chi connectivity index (χ2v) is 6.53. The summed E-state index contributed by atoms with van der Waals surface area (Å²) < 4.78 is 5.26.